The third kappa shape index (κ3) is 8.04. The highest BCUT2D eigenvalue weighted by atomic mass is 32.2. The summed E-state index contributed by atoms with van der Waals surface area (Å²) in [6, 6.07) is 0. The summed E-state index contributed by atoms with van der Waals surface area (Å²) in [5, 5.41) is 2.91. The number of carbonyl (C=O) groups excluding carboxylic acids is 2. The zero-order chi connectivity index (χ0) is 13.5. The van der Waals surface area contributed by atoms with Crippen LogP contribution in [0.2, 0.25) is 0 Å². The number of hydrogen-bond donors (Lipinski definition) is 3. The molecule has 0 aliphatic heterocycles. The lowest BCUT2D eigenvalue weighted by molar-refractivity contribution is -0.120. The number of nitrogens with one attached hydrogen (secondary N) is 1. The highest BCUT2D eigenvalue weighted by Gasteiger charge is 2.25. The van der Waals surface area contributed by atoms with Crippen LogP contribution in [-0.2, 0) is 9.59 Å². The summed E-state index contributed by atoms with van der Waals surface area (Å²) in [6.45, 7) is 6.50. The van der Waals surface area contributed by atoms with Crippen molar-refractivity contribution in [3.8, 4) is 0 Å². The number of hydrogen-bond acceptors (Lipinski definition) is 4. The minimum Gasteiger partial charge on any atom is -0.369 e. The van der Waals surface area contributed by atoms with E-state index in [2.05, 4.69) is 19.2 Å². The Labute approximate surface area is 107 Å². The molecule has 0 rings (SSSR count). The monoisotopic (exact) mass is 261 g/mol. The van der Waals surface area contributed by atoms with Gasteiger partial charge in [-0.15, -0.1) is 11.8 Å². The first kappa shape index (κ1) is 16.2. The molecule has 0 saturated carbocycles. The van der Waals surface area contributed by atoms with Crippen molar-refractivity contribution in [1.82, 2.24) is 5.32 Å². The second-order valence-electron chi connectivity index (χ2n) is 4.87. The van der Waals surface area contributed by atoms with E-state index in [0.717, 1.165) is 6.42 Å². The van der Waals surface area contributed by atoms with Gasteiger partial charge in [0.05, 0.1) is 11.5 Å². The van der Waals surface area contributed by atoms with Gasteiger partial charge in [0.1, 0.15) is 0 Å². The first-order chi connectivity index (χ1) is 7.79. The van der Waals surface area contributed by atoms with E-state index in [-0.39, 0.29) is 23.0 Å². The maximum absolute atomic E-state index is 11.6. The Morgan fingerprint density at radius 2 is 1.94 bits per heavy atom. The standard InChI is InChI=1S/C11H23N3O2S/c1-8(2)4-11(3,7-12)14-10(16)6-17-5-9(13)15/h8H,4-7,12H2,1-3H3,(H2,13,15)(H,14,16). The Kier molecular flexibility index (Phi) is 7.22. The van der Waals surface area contributed by atoms with Gasteiger partial charge >= 0.3 is 0 Å². The molecule has 0 aromatic carbocycles. The van der Waals surface area contributed by atoms with Gasteiger partial charge < -0.3 is 16.8 Å². The number of amides is 2. The summed E-state index contributed by atoms with van der Waals surface area (Å²) in [5.41, 5.74) is 10.3. The second kappa shape index (κ2) is 7.55. The normalized spacial score (nSPS) is 14.4. The molecule has 0 aromatic heterocycles. The molecule has 0 saturated heterocycles. The molecule has 0 radical (unpaired) electrons. The molecule has 0 spiro atoms. The highest BCUT2D eigenvalue weighted by Crippen LogP contribution is 2.15. The molecule has 0 aliphatic carbocycles. The molecule has 0 aliphatic rings. The molecule has 0 bridgehead atoms. The summed E-state index contributed by atoms with van der Waals surface area (Å²) in [6.07, 6.45) is 0.829. The molecule has 0 fully saturated rings. The molecular formula is C11H23N3O2S. The number of primary amides is 1. The van der Waals surface area contributed by atoms with E-state index < -0.39 is 5.91 Å². The SMILES string of the molecule is CC(C)CC(C)(CN)NC(=O)CSCC(N)=O. The molecule has 2 amide bonds. The molecule has 100 valence electrons. The third-order valence-electron chi connectivity index (χ3n) is 2.23. The van der Waals surface area contributed by atoms with Crippen molar-refractivity contribution in [2.45, 2.75) is 32.7 Å². The molecule has 0 aromatic rings. The molecule has 5 N–H and O–H groups in total. The van der Waals surface area contributed by atoms with E-state index in [1.807, 2.05) is 6.92 Å². The first-order valence-electron chi connectivity index (χ1n) is 5.66. The lowest BCUT2D eigenvalue weighted by atomic mass is 9.91. The smallest absolute Gasteiger partial charge is 0.230 e. The molecule has 5 nitrogen and oxygen atoms in total. The average Bonchev–Trinajstić information content (AvgIpc) is 2.15. The molecule has 1 unspecified atom stereocenters. The molecular weight excluding hydrogens is 238 g/mol. The lowest BCUT2D eigenvalue weighted by Gasteiger charge is -2.31. The van der Waals surface area contributed by atoms with Crippen molar-refractivity contribution < 1.29 is 9.59 Å². The Morgan fingerprint density at radius 1 is 1.35 bits per heavy atom. The van der Waals surface area contributed by atoms with Crippen LogP contribution in [0.25, 0.3) is 0 Å². The predicted octanol–water partition coefficient (Wildman–Crippen LogP) is 0.0846. The Balaban J connectivity index is 4.09. The van der Waals surface area contributed by atoms with Crippen LogP contribution in [0.15, 0.2) is 0 Å². The minimum atomic E-state index is -0.411. The van der Waals surface area contributed by atoms with Gasteiger partial charge in [-0.1, -0.05) is 13.8 Å². The van der Waals surface area contributed by atoms with Gasteiger partial charge in [-0.05, 0) is 19.3 Å². The van der Waals surface area contributed by atoms with E-state index in [0.29, 0.717) is 12.5 Å². The van der Waals surface area contributed by atoms with Crippen LogP contribution in [0.4, 0.5) is 0 Å². The molecule has 17 heavy (non-hydrogen) atoms. The van der Waals surface area contributed by atoms with Crippen LogP contribution in [-0.4, -0.2) is 35.4 Å². The lowest BCUT2D eigenvalue weighted by Crippen LogP contribution is -2.52. The molecule has 0 heterocycles. The van der Waals surface area contributed by atoms with Gasteiger partial charge in [0.25, 0.3) is 0 Å². The summed E-state index contributed by atoms with van der Waals surface area (Å²) in [4.78, 5) is 22.2. The van der Waals surface area contributed by atoms with Gasteiger partial charge in [0, 0.05) is 12.1 Å². The van der Waals surface area contributed by atoms with E-state index >= 15 is 0 Å². The fourth-order valence-electron chi connectivity index (χ4n) is 1.70. The first-order valence-corrected chi connectivity index (χ1v) is 6.81. The van der Waals surface area contributed by atoms with Crippen molar-refractivity contribution >= 4 is 23.6 Å². The zero-order valence-corrected chi connectivity index (χ0v) is 11.6. The average molecular weight is 261 g/mol. The van der Waals surface area contributed by atoms with Crippen LogP contribution < -0.4 is 16.8 Å². The Morgan fingerprint density at radius 3 is 2.35 bits per heavy atom. The Hall–Kier alpha value is -0.750. The topological polar surface area (TPSA) is 98.2 Å². The summed E-state index contributed by atoms with van der Waals surface area (Å²) < 4.78 is 0. The van der Waals surface area contributed by atoms with Crippen LogP contribution in [0.1, 0.15) is 27.2 Å². The van der Waals surface area contributed by atoms with Crippen molar-refractivity contribution in [3.05, 3.63) is 0 Å². The van der Waals surface area contributed by atoms with E-state index in [1.165, 1.54) is 11.8 Å². The van der Waals surface area contributed by atoms with Crippen LogP contribution in [0.3, 0.4) is 0 Å². The molecule has 6 heteroatoms. The van der Waals surface area contributed by atoms with Crippen LogP contribution in [0.5, 0.6) is 0 Å². The van der Waals surface area contributed by atoms with E-state index in [1.54, 1.807) is 0 Å². The van der Waals surface area contributed by atoms with Crippen molar-refractivity contribution in [3.63, 3.8) is 0 Å². The predicted molar refractivity (Wildman–Crippen MR) is 71.6 cm³/mol. The van der Waals surface area contributed by atoms with Crippen molar-refractivity contribution in [2.24, 2.45) is 17.4 Å². The van der Waals surface area contributed by atoms with Crippen molar-refractivity contribution in [1.29, 1.82) is 0 Å². The Bertz CT molecular complexity index is 271. The maximum Gasteiger partial charge on any atom is 0.230 e. The number of nitrogens with two attached hydrogens (primary N) is 2. The summed E-state index contributed by atoms with van der Waals surface area (Å²) in [7, 11) is 0. The van der Waals surface area contributed by atoms with Gasteiger partial charge in [-0.2, -0.15) is 0 Å². The van der Waals surface area contributed by atoms with E-state index in [9.17, 15) is 9.59 Å². The second-order valence-corrected chi connectivity index (χ2v) is 5.86. The van der Waals surface area contributed by atoms with Gasteiger partial charge in [0.15, 0.2) is 0 Å². The summed E-state index contributed by atoms with van der Waals surface area (Å²) in [5.74, 6) is 0.339. The molecule has 1 atom stereocenters. The van der Waals surface area contributed by atoms with Gasteiger partial charge in [-0.3, -0.25) is 9.59 Å². The third-order valence-corrected chi connectivity index (χ3v) is 3.18. The quantitative estimate of drug-likeness (QED) is 0.576. The zero-order valence-electron chi connectivity index (χ0n) is 10.8. The number of thioether (sulfide) groups is 1. The maximum atomic E-state index is 11.6. The van der Waals surface area contributed by atoms with E-state index in [4.69, 9.17) is 11.5 Å². The van der Waals surface area contributed by atoms with Crippen molar-refractivity contribution in [2.75, 3.05) is 18.1 Å². The number of rotatable bonds is 8. The fraction of sp³-hybridized carbons (Fsp3) is 0.818. The number of carbonyl (C=O) groups is 2. The largest absolute Gasteiger partial charge is 0.369 e. The highest BCUT2D eigenvalue weighted by molar-refractivity contribution is 8.00. The van der Waals surface area contributed by atoms with Crippen LogP contribution in [0, 0.1) is 5.92 Å². The van der Waals surface area contributed by atoms with Gasteiger partial charge in [0.2, 0.25) is 11.8 Å². The minimum absolute atomic E-state index is 0.107. The van der Waals surface area contributed by atoms with Crippen LogP contribution >= 0.6 is 11.8 Å². The fourth-order valence-corrected chi connectivity index (χ4v) is 2.26. The summed E-state index contributed by atoms with van der Waals surface area (Å²) >= 11 is 1.21. The van der Waals surface area contributed by atoms with Gasteiger partial charge in [-0.25, -0.2) is 0 Å².